The molecule has 0 amide bonds. The minimum atomic E-state index is 0.797. The number of hydrogen-bond acceptors (Lipinski definition) is 1. The number of aromatic nitrogens is 2. The number of nitrogens with zero attached hydrogens (tertiary/aromatic N) is 2. The normalized spacial score (nSPS) is 10.4. The van der Waals surface area contributed by atoms with Crippen LogP contribution in [-0.2, 0) is 6.54 Å². The molecule has 1 aromatic carbocycles. The zero-order valence-corrected chi connectivity index (χ0v) is 10.5. The van der Waals surface area contributed by atoms with Gasteiger partial charge in [0.05, 0.1) is 17.2 Å². The highest BCUT2D eigenvalue weighted by molar-refractivity contribution is 9.10. The van der Waals surface area contributed by atoms with E-state index in [0.717, 1.165) is 15.5 Å². The van der Waals surface area contributed by atoms with Gasteiger partial charge in [-0.1, -0.05) is 28.1 Å². The van der Waals surface area contributed by atoms with Gasteiger partial charge in [-0.3, -0.25) is 4.68 Å². The van der Waals surface area contributed by atoms with Gasteiger partial charge in [0.2, 0.25) is 0 Å². The first kappa shape index (κ1) is 9.93. The van der Waals surface area contributed by atoms with Crippen LogP contribution >= 0.6 is 31.9 Å². The topological polar surface area (TPSA) is 17.8 Å². The molecule has 2 nitrogen and oxygen atoms in total. The summed E-state index contributed by atoms with van der Waals surface area (Å²) in [6, 6.07) is 8.22. The van der Waals surface area contributed by atoms with E-state index in [2.05, 4.69) is 49.1 Å². The molecule has 0 unspecified atom stereocenters. The van der Waals surface area contributed by atoms with Gasteiger partial charge in [-0.25, -0.2) is 0 Å². The largest absolute Gasteiger partial charge is 0.267 e. The van der Waals surface area contributed by atoms with E-state index >= 15 is 0 Å². The summed E-state index contributed by atoms with van der Waals surface area (Å²) in [5.41, 5.74) is 1.23. The first-order valence-electron chi connectivity index (χ1n) is 4.16. The van der Waals surface area contributed by atoms with Crippen LogP contribution in [0.25, 0.3) is 0 Å². The Morgan fingerprint density at radius 2 is 2.07 bits per heavy atom. The Hall–Kier alpha value is -0.610. The Morgan fingerprint density at radius 1 is 1.21 bits per heavy atom. The van der Waals surface area contributed by atoms with Crippen molar-refractivity contribution < 1.29 is 0 Å². The van der Waals surface area contributed by atoms with Gasteiger partial charge in [-0.2, -0.15) is 5.10 Å². The molecular formula is C10H8Br2N2. The van der Waals surface area contributed by atoms with Crippen LogP contribution in [0, 0.1) is 0 Å². The summed E-state index contributed by atoms with van der Waals surface area (Å²) < 4.78 is 4.00. The Morgan fingerprint density at radius 3 is 2.71 bits per heavy atom. The molecule has 2 aromatic rings. The van der Waals surface area contributed by atoms with Crippen molar-refractivity contribution in [3.05, 3.63) is 51.2 Å². The molecule has 0 saturated heterocycles. The molecular weight excluding hydrogens is 308 g/mol. The highest BCUT2D eigenvalue weighted by atomic mass is 79.9. The minimum absolute atomic E-state index is 0.797. The third-order valence-electron chi connectivity index (χ3n) is 1.84. The molecule has 1 heterocycles. The lowest BCUT2D eigenvalue weighted by Crippen LogP contribution is -1.99. The quantitative estimate of drug-likeness (QED) is 0.830. The maximum atomic E-state index is 4.20. The molecule has 0 N–H and O–H groups in total. The average molecular weight is 316 g/mol. The highest BCUT2D eigenvalue weighted by Gasteiger charge is 1.97. The second-order valence-corrected chi connectivity index (χ2v) is 4.82. The fraction of sp³-hybridized carbons (Fsp3) is 0.100. The fourth-order valence-corrected chi connectivity index (χ4v) is 2.02. The van der Waals surface area contributed by atoms with Crippen LogP contribution < -0.4 is 0 Å². The Labute approximate surface area is 99.2 Å². The lowest BCUT2D eigenvalue weighted by molar-refractivity contribution is 0.686. The third kappa shape index (κ3) is 2.45. The lowest BCUT2D eigenvalue weighted by Gasteiger charge is -2.01. The van der Waals surface area contributed by atoms with Gasteiger partial charge < -0.3 is 0 Å². The van der Waals surface area contributed by atoms with E-state index in [1.54, 1.807) is 6.20 Å². The van der Waals surface area contributed by atoms with Gasteiger partial charge >= 0.3 is 0 Å². The van der Waals surface area contributed by atoms with E-state index < -0.39 is 0 Å². The summed E-state index contributed by atoms with van der Waals surface area (Å²) in [5.74, 6) is 0. The van der Waals surface area contributed by atoms with E-state index in [1.807, 2.05) is 23.0 Å². The van der Waals surface area contributed by atoms with Crippen molar-refractivity contribution in [2.24, 2.45) is 0 Å². The molecule has 72 valence electrons. The standard InChI is InChI=1S/C10H8Br2N2/c11-9-3-1-2-8(4-9)6-14-7-10(12)5-13-14/h1-5,7H,6H2. The number of halogens is 2. The van der Waals surface area contributed by atoms with E-state index in [4.69, 9.17) is 0 Å². The van der Waals surface area contributed by atoms with Crippen molar-refractivity contribution >= 4 is 31.9 Å². The van der Waals surface area contributed by atoms with E-state index in [0.29, 0.717) is 0 Å². The minimum Gasteiger partial charge on any atom is -0.267 e. The highest BCUT2D eigenvalue weighted by Crippen LogP contribution is 2.13. The second kappa shape index (κ2) is 4.28. The molecule has 0 spiro atoms. The van der Waals surface area contributed by atoms with Gasteiger partial charge in [0.25, 0.3) is 0 Å². The predicted octanol–water partition coefficient (Wildman–Crippen LogP) is 3.46. The summed E-state index contributed by atoms with van der Waals surface area (Å²) in [6.07, 6.45) is 3.75. The van der Waals surface area contributed by atoms with Crippen molar-refractivity contribution in [2.45, 2.75) is 6.54 Å². The molecule has 0 fully saturated rings. The molecule has 0 radical (unpaired) electrons. The van der Waals surface area contributed by atoms with E-state index in [1.165, 1.54) is 5.56 Å². The van der Waals surface area contributed by atoms with Crippen LogP contribution in [0.15, 0.2) is 45.6 Å². The van der Waals surface area contributed by atoms with Crippen LogP contribution in [0.2, 0.25) is 0 Å². The second-order valence-electron chi connectivity index (χ2n) is 2.99. The zero-order valence-electron chi connectivity index (χ0n) is 7.32. The molecule has 0 aliphatic carbocycles. The third-order valence-corrected chi connectivity index (χ3v) is 2.74. The number of rotatable bonds is 2. The molecule has 1 aromatic heterocycles. The maximum absolute atomic E-state index is 4.20. The number of benzene rings is 1. The molecule has 0 bridgehead atoms. The molecule has 0 aliphatic rings. The Kier molecular flexibility index (Phi) is 3.03. The smallest absolute Gasteiger partial charge is 0.0660 e. The van der Waals surface area contributed by atoms with Crippen molar-refractivity contribution in [1.29, 1.82) is 0 Å². The summed E-state index contributed by atoms with van der Waals surface area (Å²) in [4.78, 5) is 0. The van der Waals surface area contributed by atoms with Gasteiger partial charge in [0.1, 0.15) is 0 Å². The molecule has 0 aliphatic heterocycles. The van der Waals surface area contributed by atoms with Crippen molar-refractivity contribution in [3.63, 3.8) is 0 Å². The molecule has 0 atom stereocenters. The van der Waals surface area contributed by atoms with E-state index in [-0.39, 0.29) is 0 Å². The van der Waals surface area contributed by atoms with Gasteiger partial charge in [0.15, 0.2) is 0 Å². The van der Waals surface area contributed by atoms with Gasteiger partial charge in [0, 0.05) is 10.7 Å². The molecule has 2 rings (SSSR count). The summed E-state index contributed by atoms with van der Waals surface area (Å²) in [5, 5.41) is 4.20. The summed E-state index contributed by atoms with van der Waals surface area (Å²) in [6.45, 7) is 0.797. The zero-order chi connectivity index (χ0) is 9.97. The molecule has 4 heteroatoms. The lowest BCUT2D eigenvalue weighted by atomic mass is 10.2. The Bertz CT molecular complexity index is 437. The SMILES string of the molecule is Brc1cccc(Cn2cc(Br)cn2)c1. The van der Waals surface area contributed by atoms with Crippen LogP contribution in [0.5, 0.6) is 0 Å². The van der Waals surface area contributed by atoms with Crippen LogP contribution in [0.1, 0.15) is 5.56 Å². The summed E-state index contributed by atoms with van der Waals surface area (Å²) >= 11 is 6.81. The van der Waals surface area contributed by atoms with Crippen molar-refractivity contribution in [3.8, 4) is 0 Å². The first-order valence-corrected chi connectivity index (χ1v) is 5.75. The molecule has 0 saturated carbocycles. The van der Waals surface area contributed by atoms with Crippen LogP contribution in [-0.4, -0.2) is 9.78 Å². The van der Waals surface area contributed by atoms with E-state index in [9.17, 15) is 0 Å². The maximum Gasteiger partial charge on any atom is 0.0660 e. The number of hydrogen-bond donors (Lipinski definition) is 0. The first-order chi connectivity index (χ1) is 6.74. The summed E-state index contributed by atoms with van der Waals surface area (Å²) in [7, 11) is 0. The predicted molar refractivity (Wildman–Crippen MR) is 63.2 cm³/mol. The monoisotopic (exact) mass is 314 g/mol. The van der Waals surface area contributed by atoms with Crippen molar-refractivity contribution in [1.82, 2.24) is 9.78 Å². The van der Waals surface area contributed by atoms with Crippen LogP contribution in [0.3, 0.4) is 0 Å². The van der Waals surface area contributed by atoms with Gasteiger partial charge in [-0.15, -0.1) is 0 Å². The van der Waals surface area contributed by atoms with Gasteiger partial charge in [-0.05, 0) is 33.6 Å². The van der Waals surface area contributed by atoms with Crippen molar-refractivity contribution in [2.75, 3.05) is 0 Å². The Balaban J connectivity index is 2.18. The van der Waals surface area contributed by atoms with Crippen LogP contribution in [0.4, 0.5) is 0 Å². The molecule has 14 heavy (non-hydrogen) atoms. The fourth-order valence-electron chi connectivity index (χ4n) is 1.25. The average Bonchev–Trinajstić information content (AvgIpc) is 2.51.